The van der Waals surface area contributed by atoms with Crippen molar-refractivity contribution in [3.63, 3.8) is 0 Å². The van der Waals surface area contributed by atoms with Gasteiger partial charge in [-0.05, 0) is 45.6 Å². The van der Waals surface area contributed by atoms with Crippen LogP contribution >= 0.6 is 8.73 Å². The highest BCUT2D eigenvalue weighted by molar-refractivity contribution is 7.40. The first-order valence-corrected chi connectivity index (χ1v) is 8.21. The van der Waals surface area contributed by atoms with Crippen LogP contribution in [0.1, 0.15) is 26.2 Å². The van der Waals surface area contributed by atoms with Gasteiger partial charge in [-0.2, -0.15) is 0 Å². The molecule has 0 bridgehead atoms. The van der Waals surface area contributed by atoms with Gasteiger partial charge in [0.05, 0.1) is 0 Å². The molecule has 2 heteroatoms. The molecule has 2 rings (SSSR count). The molecule has 0 saturated heterocycles. The Labute approximate surface area is 118 Å². The molecule has 0 N–H and O–H groups in total. The zero-order chi connectivity index (χ0) is 13.3. The lowest BCUT2D eigenvalue weighted by atomic mass is 10.3. The van der Waals surface area contributed by atoms with Gasteiger partial charge in [0.1, 0.15) is 0 Å². The number of hydrogen-bond donors (Lipinski definition) is 0. The lowest BCUT2D eigenvalue weighted by Crippen LogP contribution is -2.05. The Morgan fingerprint density at radius 2 is 1.32 bits per heavy atom. The van der Waals surface area contributed by atoms with E-state index in [1.807, 2.05) is 0 Å². The van der Waals surface area contributed by atoms with Crippen LogP contribution in [-0.2, 0) is 0 Å². The summed E-state index contributed by atoms with van der Waals surface area (Å²) in [5.41, 5.74) is 2.59. The predicted octanol–water partition coefficient (Wildman–Crippen LogP) is 5.61. The fourth-order valence-corrected chi connectivity index (χ4v) is 3.35. The second-order valence-electron chi connectivity index (χ2n) is 4.62. The quantitative estimate of drug-likeness (QED) is 0.467. The van der Waals surface area contributed by atoms with Crippen molar-refractivity contribution in [2.45, 2.75) is 26.2 Å². The number of unbranched alkanes of at least 4 members (excludes halogenated alkanes) is 2. The Morgan fingerprint density at radius 1 is 0.789 bits per heavy atom. The number of anilines is 2. The van der Waals surface area contributed by atoms with Crippen molar-refractivity contribution in [2.75, 3.05) is 10.8 Å². The van der Waals surface area contributed by atoms with Crippen LogP contribution < -0.4 is 4.67 Å². The summed E-state index contributed by atoms with van der Waals surface area (Å²) in [4.78, 5) is 0. The van der Waals surface area contributed by atoms with Gasteiger partial charge in [0, 0.05) is 11.4 Å². The monoisotopic (exact) mass is 271 g/mol. The van der Waals surface area contributed by atoms with Crippen LogP contribution in [0.25, 0.3) is 0 Å². The van der Waals surface area contributed by atoms with E-state index in [1.54, 1.807) is 0 Å². The maximum absolute atomic E-state index is 2.44. The molecule has 0 aliphatic rings. The van der Waals surface area contributed by atoms with Crippen molar-refractivity contribution in [2.24, 2.45) is 0 Å². The average Bonchev–Trinajstić information content (AvgIpc) is 2.49. The van der Waals surface area contributed by atoms with Crippen LogP contribution in [-0.4, -0.2) is 6.16 Å². The standard InChI is InChI=1S/C17H22NP/c1-2-3-10-15-19-18(16-11-6-4-7-12-16)17-13-8-5-9-14-17/h4-9,11-14,19H,2-3,10,15H2,1H3. The summed E-state index contributed by atoms with van der Waals surface area (Å²) in [5.74, 6) is 0. The molecule has 0 aromatic heterocycles. The highest BCUT2D eigenvalue weighted by atomic mass is 31.1. The van der Waals surface area contributed by atoms with Crippen LogP contribution in [0.2, 0.25) is 0 Å². The zero-order valence-electron chi connectivity index (χ0n) is 11.5. The van der Waals surface area contributed by atoms with E-state index in [0.717, 1.165) is 8.73 Å². The Kier molecular flexibility index (Phi) is 5.91. The first kappa shape index (κ1) is 14.1. The average molecular weight is 271 g/mol. The minimum atomic E-state index is 0.821. The lowest BCUT2D eigenvalue weighted by Gasteiger charge is -2.24. The van der Waals surface area contributed by atoms with E-state index in [1.165, 1.54) is 36.8 Å². The van der Waals surface area contributed by atoms with Crippen molar-refractivity contribution in [3.8, 4) is 0 Å². The second-order valence-corrected chi connectivity index (χ2v) is 5.89. The van der Waals surface area contributed by atoms with Crippen LogP contribution in [0.15, 0.2) is 60.7 Å². The molecule has 0 amide bonds. The Hall–Kier alpha value is -1.33. The molecule has 0 aliphatic carbocycles. The second kappa shape index (κ2) is 7.96. The number of nitrogens with zero attached hydrogens (tertiary/aromatic N) is 1. The maximum atomic E-state index is 2.44. The van der Waals surface area contributed by atoms with Gasteiger partial charge >= 0.3 is 0 Å². The largest absolute Gasteiger partial charge is 0.323 e. The molecule has 0 saturated carbocycles. The van der Waals surface area contributed by atoms with Gasteiger partial charge in [0.25, 0.3) is 0 Å². The van der Waals surface area contributed by atoms with Crippen molar-refractivity contribution in [1.82, 2.24) is 0 Å². The number of benzene rings is 2. The third-order valence-electron chi connectivity index (χ3n) is 3.08. The summed E-state index contributed by atoms with van der Waals surface area (Å²) in [6.07, 6.45) is 5.23. The highest BCUT2D eigenvalue weighted by Crippen LogP contribution is 2.36. The summed E-state index contributed by atoms with van der Waals surface area (Å²) in [7, 11) is 0.821. The molecule has 1 unspecified atom stereocenters. The Balaban J connectivity index is 2.10. The van der Waals surface area contributed by atoms with Gasteiger partial charge in [0.2, 0.25) is 0 Å². The van der Waals surface area contributed by atoms with E-state index in [4.69, 9.17) is 0 Å². The molecular weight excluding hydrogens is 249 g/mol. The molecule has 0 heterocycles. The van der Waals surface area contributed by atoms with Crippen LogP contribution in [0, 0.1) is 0 Å². The minimum Gasteiger partial charge on any atom is -0.323 e. The summed E-state index contributed by atoms with van der Waals surface area (Å²) in [5, 5.41) is 0. The normalized spacial score (nSPS) is 11.0. The van der Waals surface area contributed by atoms with Gasteiger partial charge in [0.15, 0.2) is 0 Å². The molecule has 1 atom stereocenters. The van der Waals surface area contributed by atoms with Crippen molar-refractivity contribution in [3.05, 3.63) is 60.7 Å². The smallest absolute Gasteiger partial charge is 0.0444 e. The van der Waals surface area contributed by atoms with E-state index in [0.29, 0.717) is 0 Å². The third-order valence-corrected chi connectivity index (χ3v) is 4.49. The van der Waals surface area contributed by atoms with Crippen molar-refractivity contribution < 1.29 is 0 Å². The first-order valence-electron chi connectivity index (χ1n) is 7.05. The molecule has 2 aromatic rings. The molecule has 2 aromatic carbocycles. The topological polar surface area (TPSA) is 3.24 Å². The van der Waals surface area contributed by atoms with Gasteiger partial charge < -0.3 is 4.67 Å². The molecule has 0 radical (unpaired) electrons. The minimum absolute atomic E-state index is 0.821. The van der Waals surface area contributed by atoms with Crippen LogP contribution in [0.5, 0.6) is 0 Å². The highest BCUT2D eigenvalue weighted by Gasteiger charge is 2.07. The Bertz CT molecular complexity index is 416. The van der Waals surface area contributed by atoms with Gasteiger partial charge in [-0.1, -0.05) is 56.2 Å². The van der Waals surface area contributed by atoms with Gasteiger partial charge in [-0.3, -0.25) is 0 Å². The Morgan fingerprint density at radius 3 is 1.79 bits per heavy atom. The molecule has 0 spiro atoms. The van der Waals surface area contributed by atoms with E-state index < -0.39 is 0 Å². The molecule has 0 aliphatic heterocycles. The van der Waals surface area contributed by atoms with Gasteiger partial charge in [-0.25, -0.2) is 0 Å². The van der Waals surface area contributed by atoms with Crippen molar-refractivity contribution >= 4 is 20.1 Å². The van der Waals surface area contributed by atoms with Crippen LogP contribution in [0.4, 0.5) is 11.4 Å². The number of para-hydroxylation sites is 2. The molecule has 1 nitrogen and oxygen atoms in total. The van der Waals surface area contributed by atoms with E-state index in [9.17, 15) is 0 Å². The van der Waals surface area contributed by atoms with Crippen molar-refractivity contribution in [1.29, 1.82) is 0 Å². The molecular formula is C17H22NP. The van der Waals surface area contributed by atoms with E-state index >= 15 is 0 Å². The van der Waals surface area contributed by atoms with E-state index in [-0.39, 0.29) is 0 Å². The predicted molar refractivity (Wildman–Crippen MR) is 87.7 cm³/mol. The molecule has 19 heavy (non-hydrogen) atoms. The fraction of sp³-hybridized carbons (Fsp3) is 0.294. The number of hydrogen-bond acceptors (Lipinski definition) is 1. The maximum Gasteiger partial charge on any atom is 0.0444 e. The van der Waals surface area contributed by atoms with E-state index in [2.05, 4.69) is 72.3 Å². The summed E-state index contributed by atoms with van der Waals surface area (Å²) in [6, 6.07) is 21.4. The zero-order valence-corrected chi connectivity index (χ0v) is 12.5. The third kappa shape index (κ3) is 4.36. The number of rotatable bonds is 7. The van der Waals surface area contributed by atoms with Crippen LogP contribution in [0.3, 0.4) is 0 Å². The summed E-state index contributed by atoms with van der Waals surface area (Å²) in [6.45, 7) is 2.26. The summed E-state index contributed by atoms with van der Waals surface area (Å²) < 4.78 is 2.44. The first-order chi connectivity index (χ1) is 9.42. The fourth-order valence-electron chi connectivity index (χ4n) is 2.05. The SMILES string of the molecule is CCCCCPN(c1ccccc1)c1ccccc1. The molecule has 0 fully saturated rings. The lowest BCUT2D eigenvalue weighted by molar-refractivity contribution is 0.777. The molecule has 100 valence electrons. The van der Waals surface area contributed by atoms with Gasteiger partial charge in [-0.15, -0.1) is 0 Å². The summed E-state index contributed by atoms with van der Waals surface area (Å²) >= 11 is 0.